The van der Waals surface area contributed by atoms with Gasteiger partial charge in [0.15, 0.2) is 0 Å². The molecule has 0 spiro atoms. The van der Waals surface area contributed by atoms with Gasteiger partial charge in [0.25, 0.3) is 5.91 Å². The van der Waals surface area contributed by atoms with Gasteiger partial charge in [-0.2, -0.15) is 0 Å². The molecule has 0 radical (unpaired) electrons. The first-order valence-corrected chi connectivity index (χ1v) is 7.07. The molecule has 1 aromatic heterocycles. The van der Waals surface area contributed by atoms with Crippen LogP contribution in [0.5, 0.6) is 0 Å². The number of carbonyl (C=O) groups is 1. The second kappa shape index (κ2) is 6.85. The minimum Gasteiger partial charge on any atom is -0.378 e. The van der Waals surface area contributed by atoms with Crippen LogP contribution in [0.3, 0.4) is 0 Å². The van der Waals surface area contributed by atoms with Crippen LogP contribution < -0.4 is 5.32 Å². The van der Waals surface area contributed by atoms with E-state index in [1.54, 1.807) is 12.3 Å². The fourth-order valence-electron chi connectivity index (χ4n) is 2.02. The molecular formula is C13H17BrN2O2. The van der Waals surface area contributed by atoms with Crippen molar-refractivity contribution in [3.8, 4) is 0 Å². The molecule has 98 valence electrons. The first-order chi connectivity index (χ1) is 8.77. The van der Waals surface area contributed by atoms with Crippen LogP contribution in [0.2, 0.25) is 0 Å². The summed E-state index contributed by atoms with van der Waals surface area (Å²) in [5.41, 5.74) is 0.432. The Labute approximate surface area is 115 Å². The fourth-order valence-corrected chi connectivity index (χ4v) is 2.45. The molecule has 1 aromatic rings. The first kappa shape index (κ1) is 13.5. The number of halogens is 1. The third kappa shape index (κ3) is 3.78. The summed E-state index contributed by atoms with van der Waals surface area (Å²) in [5.74, 6) is -0.140. The number of carbonyl (C=O) groups excluding carboxylic acids is 1. The van der Waals surface area contributed by atoms with Gasteiger partial charge in [-0.15, -0.1) is 0 Å². The van der Waals surface area contributed by atoms with E-state index < -0.39 is 0 Å². The Morgan fingerprint density at radius 2 is 2.44 bits per heavy atom. The molecule has 1 saturated heterocycles. The Kier molecular flexibility index (Phi) is 5.13. The molecule has 1 fully saturated rings. The summed E-state index contributed by atoms with van der Waals surface area (Å²) in [6.07, 6.45) is 6.27. The lowest BCUT2D eigenvalue weighted by atomic mass is 10.1. The van der Waals surface area contributed by atoms with Gasteiger partial charge in [0, 0.05) is 23.8 Å². The number of ether oxygens (including phenoxy) is 1. The quantitative estimate of drug-likeness (QED) is 0.929. The molecule has 1 unspecified atom stereocenters. The maximum absolute atomic E-state index is 11.9. The summed E-state index contributed by atoms with van der Waals surface area (Å²) in [6.45, 7) is 1.48. The lowest BCUT2D eigenvalue weighted by molar-refractivity contribution is 0.0117. The summed E-state index contributed by atoms with van der Waals surface area (Å²) >= 11 is 3.32. The lowest BCUT2D eigenvalue weighted by Gasteiger charge is -2.22. The molecule has 1 atom stereocenters. The van der Waals surface area contributed by atoms with E-state index in [1.165, 1.54) is 6.42 Å². The molecule has 4 nitrogen and oxygen atoms in total. The predicted octanol–water partition coefficient (Wildman–Crippen LogP) is 2.53. The second-order valence-electron chi connectivity index (χ2n) is 4.37. The monoisotopic (exact) mass is 312 g/mol. The highest BCUT2D eigenvalue weighted by molar-refractivity contribution is 9.10. The highest BCUT2D eigenvalue weighted by atomic mass is 79.9. The number of hydrogen-bond acceptors (Lipinski definition) is 3. The number of nitrogens with one attached hydrogen (secondary N) is 1. The van der Waals surface area contributed by atoms with Gasteiger partial charge in [0.05, 0.1) is 6.10 Å². The lowest BCUT2D eigenvalue weighted by Crippen LogP contribution is -2.30. The third-order valence-electron chi connectivity index (χ3n) is 3.00. The smallest absolute Gasteiger partial charge is 0.271 e. The van der Waals surface area contributed by atoms with E-state index in [0.29, 0.717) is 18.3 Å². The highest BCUT2D eigenvalue weighted by Gasteiger charge is 2.15. The van der Waals surface area contributed by atoms with Crippen molar-refractivity contribution in [2.45, 2.75) is 31.8 Å². The molecule has 1 aliphatic heterocycles. The van der Waals surface area contributed by atoms with Gasteiger partial charge in [-0.3, -0.25) is 4.79 Å². The molecular weight excluding hydrogens is 296 g/mol. The second-order valence-corrected chi connectivity index (χ2v) is 5.22. The van der Waals surface area contributed by atoms with Crippen molar-refractivity contribution in [3.05, 3.63) is 28.5 Å². The molecule has 1 amide bonds. The van der Waals surface area contributed by atoms with Gasteiger partial charge >= 0.3 is 0 Å². The van der Waals surface area contributed by atoms with E-state index in [-0.39, 0.29) is 5.91 Å². The predicted molar refractivity (Wildman–Crippen MR) is 72.5 cm³/mol. The zero-order valence-corrected chi connectivity index (χ0v) is 11.8. The van der Waals surface area contributed by atoms with E-state index in [1.807, 2.05) is 6.07 Å². The van der Waals surface area contributed by atoms with Crippen LogP contribution in [0.4, 0.5) is 0 Å². The number of hydrogen-bond donors (Lipinski definition) is 1. The average molecular weight is 313 g/mol. The minimum absolute atomic E-state index is 0.140. The maximum atomic E-state index is 11.9. The van der Waals surface area contributed by atoms with Gasteiger partial charge in [-0.25, -0.2) is 4.98 Å². The van der Waals surface area contributed by atoms with Gasteiger partial charge in [0.2, 0.25) is 0 Å². The first-order valence-electron chi connectivity index (χ1n) is 6.27. The molecule has 18 heavy (non-hydrogen) atoms. The Morgan fingerprint density at radius 1 is 1.56 bits per heavy atom. The van der Waals surface area contributed by atoms with Crippen molar-refractivity contribution in [1.29, 1.82) is 0 Å². The van der Waals surface area contributed by atoms with Gasteiger partial charge in [-0.05, 0) is 53.7 Å². The normalized spacial score (nSPS) is 19.5. The molecule has 0 bridgehead atoms. The van der Waals surface area contributed by atoms with Crippen molar-refractivity contribution < 1.29 is 9.53 Å². The van der Waals surface area contributed by atoms with Crippen LogP contribution in [0.25, 0.3) is 0 Å². The van der Waals surface area contributed by atoms with Crippen LogP contribution in [-0.2, 0) is 4.74 Å². The molecule has 0 aromatic carbocycles. The SMILES string of the molecule is O=C(NCCC1CCCCO1)c1ncccc1Br. The zero-order valence-electron chi connectivity index (χ0n) is 10.2. The van der Waals surface area contributed by atoms with Gasteiger partial charge in [-0.1, -0.05) is 0 Å². The molecule has 0 aliphatic carbocycles. The summed E-state index contributed by atoms with van der Waals surface area (Å²) in [6, 6.07) is 3.60. The zero-order chi connectivity index (χ0) is 12.8. The summed E-state index contributed by atoms with van der Waals surface area (Å²) < 4.78 is 6.33. The molecule has 0 saturated carbocycles. The van der Waals surface area contributed by atoms with Crippen molar-refractivity contribution in [2.24, 2.45) is 0 Å². The number of pyridine rings is 1. The van der Waals surface area contributed by atoms with Crippen LogP contribution in [0.15, 0.2) is 22.8 Å². The molecule has 5 heteroatoms. The van der Waals surface area contributed by atoms with E-state index in [4.69, 9.17) is 4.74 Å². The fraction of sp³-hybridized carbons (Fsp3) is 0.538. The van der Waals surface area contributed by atoms with Gasteiger partial charge < -0.3 is 10.1 Å². The van der Waals surface area contributed by atoms with Crippen molar-refractivity contribution in [1.82, 2.24) is 10.3 Å². The summed E-state index contributed by atoms with van der Waals surface area (Å²) in [7, 11) is 0. The van der Waals surface area contributed by atoms with Crippen molar-refractivity contribution in [2.75, 3.05) is 13.2 Å². The molecule has 1 N–H and O–H groups in total. The molecule has 1 aliphatic rings. The van der Waals surface area contributed by atoms with Crippen LogP contribution >= 0.6 is 15.9 Å². The van der Waals surface area contributed by atoms with Crippen LogP contribution in [-0.4, -0.2) is 30.1 Å². The van der Waals surface area contributed by atoms with Crippen LogP contribution in [0, 0.1) is 0 Å². The largest absolute Gasteiger partial charge is 0.378 e. The van der Waals surface area contributed by atoms with Crippen molar-refractivity contribution >= 4 is 21.8 Å². The number of aromatic nitrogens is 1. The molecule has 2 rings (SSSR count). The Morgan fingerprint density at radius 3 is 3.17 bits per heavy atom. The Bertz CT molecular complexity index is 406. The topological polar surface area (TPSA) is 51.2 Å². The summed E-state index contributed by atoms with van der Waals surface area (Å²) in [4.78, 5) is 15.9. The average Bonchev–Trinajstić information content (AvgIpc) is 2.40. The Balaban J connectivity index is 1.76. The van der Waals surface area contributed by atoms with E-state index in [0.717, 1.165) is 30.3 Å². The third-order valence-corrected chi connectivity index (χ3v) is 3.64. The minimum atomic E-state index is -0.140. The van der Waals surface area contributed by atoms with E-state index >= 15 is 0 Å². The van der Waals surface area contributed by atoms with E-state index in [2.05, 4.69) is 26.2 Å². The van der Waals surface area contributed by atoms with Crippen LogP contribution in [0.1, 0.15) is 36.2 Å². The number of rotatable bonds is 4. The number of nitrogens with zero attached hydrogens (tertiary/aromatic N) is 1. The van der Waals surface area contributed by atoms with Gasteiger partial charge in [0.1, 0.15) is 5.69 Å². The standard InChI is InChI=1S/C13H17BrN2O2/c14-11-5-3-7-15-12(11)13(17)16-8-6-10-4-1-2-9-18-10/h3,5,7,10H,1-2,4,6,8-9H2,(H,16,17). The Hall–Kier alpha value is -0.940. The summed E-state index contributed by atoms with van der Waals surface area (Å²) in [5, 5.41) is 2.88. The maximum Gasteiger partial charge on any atom is 0.271 e. The highest BCUT2D eigenvalue weighted by Crippen LogP contribution is 2.15. The molecule has 2 heterocycles. The van der Waals surface area contributed by atoms with E-state index in [9.17, 15) is 4.79 Å². The number of amides is 1. The van der Waals surface area contributed by atoms with Crippen molar-refractivity contribution in [3.63, 3.8) is 0 Å².